The molecule has 0 saturated carbocycles. The molecule has 0 bridgehead atoms. The van der Waals surface area contributed by atoms with Gasteiger partial charge in [-0.05, 0) is 12.8 Å². The van der Waals surface area contributed by atoms with Crippen molar-refractivity contribution in [2.75, 3.05) is 13.2 Å². The monoisotopic (exact) mass is 214 g/mol. The molecule has 0 aromatic heterocycles. The van der Waals surface area contributed by atoms with Crippen LogP contribution in [0.25, 0.3) is 0 Å². The zero-order valence-electron chi connectivity index (χ0n) is 8.95. The molecule has 15 heavy (non-hydrogen) atoms. The summed E-state index contributed by atoms with van der Waals surface area (Å²) in [6.07, 6.45) is 1.71. The van der Waals surface area contributed by atoms with Crippen LogP contribution in [0.15, 0.2) is 0 Å². The quantitative estimate of drug-likeness (QED) is 0.572. The molecule has 2 atom stereocenters. The van der Waals surface area contributed by atoms with Crippen LogP contribution in [0.5, 0.6) is 0 Å². The van der Waals surface area contributed by atoms with Crippen molar-refractivity contribution in [1.82, 2.24) is 10.6 Å². The molecule has 1 heterocycles. The lowest BCUT2D eigenvalue weighted by atomic mass is 9.99. The Morgan fingerprint density at radius 2 is 2.47 bits per heavy atom. The summed E-state index contributed by atoms with van der Waals surface area (Å²) in [4.78, 5) is 22.4. The van der Waals surface area contributed by atoms with E-state index in [9.17, 15) is 9.59 Å². The van der Waals surface area contributed by atoms with Crippen LogP contribution in [0.4, 0.5) is 0 Å². The van der Waals surface area contributed by atoms with Crippen LogP contribution >= 0.6 is 0 Å². The topological polar surface area (TPSA) is 78.4 Å². The third-order valence-corrected chi connectivity index (χ3v) is 2.64. The standard InChI is InChI=1S/C10H18N2O3/c1-2-9(14)12-8(6-13)5-7-3-4-11-10(7)15/h7-8,13H,2-6H2,1H3,(H,11,15)(H,12,14). The molecule has 1 aliphatic rings. The van der Waals surface area contributed by atoms with E-state index in [2.05, 4.69) is 10.6 Å². The van der Waals surface area contributed by atoms with Crippen molar-refractivity contribution in [3.8, 4) is 0 Å². The van der Waals surface area contributed by atoms with Crippen LogP contribution in [0.2, 0.25) is 0 Å². The molecule has 0 aromatic rings. The van der Waals surface area contributed by atoms with E-state index in [1.807, 2.05) is 0 Å². The summed E-state index contributed by atoms with van der Waals surface area (Å²) < 4.78 is 0. The van der Waals surface area contributed by atoms with Crippen LogP contribution in [-0.2, 0) is 9.59 Å². The van der Waals surface area contributed by atoms with Gasteiger partial charge in [-0.3, -0.25) is 9.59 Å². The smallest absolute Gasteiger partial charge is 0.223 e. The van der Waals surface area contributed by atoms with Gasteiger partial charge in [0.2, 0.25) is 11.8 Å². The van der Waals surface area contributed by atoms with Gasteiger partial charge in [0.1, 0.15) is 0 Å². The Labute approximate surface area is 89.2 Å². The average molecular weight is 214 g/mol. The Balaban J connectivity index is 2.38. The largest absolute Gasteiger partial charge is 0.394 e. The normalized spacial score (nSPS) is 22.3. The predicted molar refractivity (Wildman–Crippen MR) is 55.0 cm³/mol. The van der Waals surface area contributed by atoms with Gasteiger partial charge in [0, 0.05) is 18.9 Å². The molecule has 1 aliphatic heterocycles. The maximum Gasteiger partial charge on any atom is 0.223 e. The fourth-order valence-corrected chi connectivity index (χ4v) is 1.72. The number of amides is 2. The molecule has 5 heteroatoms. The first kappa shape index (κ1) is 12.0. The number of hydrogen-bond donors (Lipinski definition) is 3. The Morgan fingerprint density at radius 3 is 2.93 bits per heavy atom. The van der Waals surface area contributed by atoms with E-state index < -0.39 is 0 Å². The molecule has 3 N–H and O–H groups in total. The molecular formula is C10H18N2O3. The van der Waals surface area contributed by atoms with Gasteiger partial charge in [0.15, 0.2) is 0 Å². The van der Waals surface area contributed by atoms with Crippen molar-refractivity contribution < 1.29 is 14.7 Å². The minimum Gasteiger partial charge on any atom is -0.394 e. The lowest BCUT2D eigenvalue weighted by molar-refractivity contribution is -0.124. The van der Waals surface area contributed by atoms with Crippen LogP contribution in [0, 0.1) is 5.92 Å². The van der Waals surface area contributed by atoms with Gasteiger partial charge < -0.3 is 15.7 Å². The molecule has 2 amide bonds. The second-order valence-electron chi connectivity index (χ2n) is 3.81. The van der Waals surface area contributed by atoms with Crippen molar-refractivity contribution in [2.45, 2.75) is 32.2 Å². The highest BCUT2D eigenvalue weighted by molar-refractivity contribution is 5.81. The molecule has 1 saturated heterocycles. The maximum absolute atomic E-state index is 11.3. The summed E-state index contributed by atoms with van der Waals surface area (Å²) in [6, 6.07) is -0.300. The van der Waals surface area contributed by atoms with Crippen LogP contribution in [0.1, 0.15) is 26.2 Å². The van der Waals surface area contributed by atoms with E-state index in [0.717, 1.165) is 6.42 Å². The molecular weight excluding hydrogens is 196 g/mol. The highest BCUT2D eigenvalue weighted by Crippen LogP contribution is 2.15. The highest BCUT2D eigenvalue weighted by atomic mass is 16.3. The molecule has 0 aromatic carbocycles. The fraction of sp³-hybridized carbons (Fsp3) is 0.800. The van der Waals surface area contributed by atoms with Crippen LogP contribution in [0.3, 0.4) is 0 Å². The second kappa shape index (κ2) is 5.70. The van der Waals surface area contributed by atoms with E-state index >= 15 is 0 Å². The molecule has 86 valence electrons. The van der Waals surface area contributed by atoms with Gasteiger partial charge in [0.25, 0.3) is 0 Å². The van der Waals surface area contributed by atoms with Gasteiger partial charge >= 0.3 is 0 Å². The molecule has 5 nitrogen and oxygen atoms in total. The van der Waals surface area contributed by atoms with Crippen molar-refractivity contribution in [1.29, 1.82) is 0 Å². The number of rotatable bonds is 5. The zero-order valence-corrected chi connectivity index (χ0v) is 8.95. The van der Waals surface area contributed by atoms with Crippen LogP contribution < -0.4 is 10.6 Å². The average Bonchev–Trinajstić information content (AvgIpc) is 2.63. The number of carbonyl (C=O) groups excluding carboxylic acids is 2. The van der Waals surface area contributed by atoms with E-state index in [4.69, 9.17) is 5.11 Å². The summed E-state index contributed by atoms with van der Waals surface area (Å²) in [6.45, 7) is 2.34. The molecule has 2 unspecified atom stereocenters. The van der Waals surface area contributed by atoms with Crippen molar-refractivity contribution in [3.63, 3.8) is 0 Å². The van der Waals surface area contributed by atoms with Crippen LogP contribution in [-0.4, -0.2) is 36.1 Å². The van der Waals surface area contributed by atoms with Gasteiger partial charge in [-0.2, -0.15) is 0 Å². The summed E-state index contributed by atoms with van der Waals surface area (Å²) in [7, 11) is 0. The first-order chi connectivity index (χ1) is 7.17. The Hall–Kier alpha value is -1.10. The molecule has 0 radical (unpaired) electrons. The van der Waals surface area contributed by atoms with Crippen molar-refractivity contribution in [3.05, 3.63) is 0 Å². The predicted octanol–water partition coefficient (Wildman–Crippen LogP) is -0.600. The van der Waals surface area contributed by atoms with Gasteiger partial charge in [-0.15, -0.1) is 0 Å². The van der Waals surface area contributed by atoms with E-state index in [0.29, 0.717) is 19.4 Å². The second-order valence-corrected chi connectivity index (χ2v) is 3.81. The van der Waals surface area contributed by atoms with E-state index in [1.54, 1.807) is 6.92 Å². The lowest BCUT2D eigenvalue weighted by Gasteiger charge is -2.18. The van der Waals surface area contributed by atoms with Gasteiger partial charge in [-0.1, -0.05) is 6.92 Å². The maximum atomic E-state index is 11.3. The molecule has 0 spiro atoms. The number of nitrogens with one attached hydrogen (secondary N) is 2. The first-order valence-electron chi connectivity index (χ1n) is 5.35. The summed E-state index contributed by atoms with van der Waals surface area (Å²) in [5.41, 5.74) is 0. The molecule has 0 aliphatic carbocycles. The number of hydrogen-bond acceptors (Lipinski definition) is 3. The summed E-state index contributed by atoms with van der Waals surface area (Å²) >= 11 is 0. The number of aliphatic hydroxyl groups is 1. The minimum atomic E-state index is -0.300. The van der Waals surface area contributed by atoms with Gasteiger partial charge in [0.05, 0.1) is 12.6 Å². The van der Waals surface area contributed by atoms with E-state index in [-0.39, 0.29) is 30.4 Å². The van der Waals surface area contributed by atoms with Crippen molar-refractivity contribution >= 4 is 11.8 Å². The zero-order chi connectivity index (χ0) is 11.3. The summed E-state index contributed by atoms with van der Waals surface area (Å²) in [5, 5.41) is 14.5. The van der Waals surface area contributed by atoms with Gasteiger partial charge in [-0.25, -0.2) is 0 Å². The first-order valence-corrected chi connectivity index (χ1v) is 5.35. The Bertz CT molecular complexity index is 243. The fourth-order valence-electron chi connectivity index (χ4n) is 1.72. The summed E-state index contributed by atoms with van der Waals surface area (Å²) in [5.74, 6) is -0.133. The molecule has 1 fully saturated rings. The Kier molecular flexibility index (Phi) is 4.55. The van der Waals surface area contributed by atoms with E-state index in [1.165, 1.54) is 0 Å². The number of carbonyl (C=O) groups is 2. The third kappa shape index (κ3) is 3.51. The highest BCUT2D eigenvalue weighted by Gasteiger charge is 2.27. The Morgan fingerprint density at radius 1 is 1.73 bits per heavy atom. The third-order valence-electron chi connectivity index (χ3n) is 2.64. The SMILES string of the molecule is CCC(=O)NC(CO)CC1CCNC1=O. The number of aliphatic hydroxyl groups excluding tert-OH is 1. The van der Waals surface area contributed by atoms with Crippen molar-refractivity contribution in [2.24, 2.45) is 5.92 Å². The molecule has 1 rings (SSSR count). The lowest BCUT2D eigenvalue weighted by Crippen LogP contribution is -2.39. The minimum absolute atomic E-state index is 0.0270.